The number of ketones is 1. The summed E-state index contributed by atoms with van der Waals surface area (Å²) < 4.78 is 64.6. The second-order valence-corrected chi connectivity index (χ2v) is 10.8. The Balaban J connectivity index is 0.000000445. The molecule has 0 N–H and O–H groups in total. The van der Waals surface area contributed by atoms with Gasteiger partial charge < -0.3 is 4.74 Å². The summed E-state index contributed by atoms with van der Waals surface area (Å²) in [5.41, 5.74) is 0.335. The summed E-state index contributed by atoms with van der Waals surface area (Å²) in [6.45, 7) is 7.10. The average Bonchev–Trinajstić information content (AvgIpc) is 2.52. The van der Waals surface area contributed by atoms with Gasteiger partial charge in [-0.3, -0.25) is 9.69 Å². The monoisotopic (exact) mass is 439 g/mol. The molecule has 0 spiro atoms. The zero-order valence-corrected chi connectivity index (χ0v) is 17.2. The number of hydrogen-bond donors (Lipinski definition) is 0. The molecule has 0 saturated carbocycles. The molecular formula is C16H24F6NO2PS. The van der Waals surface area contributed by atoms with E-state index in [0.717, 1.165) is 18.7 Å². The first-order valence-corrected chi connectivity index (χ1v) is 12.1. The first kappa shape index (κ1) is 24.2. The predicted octanol–water partition coefficient (Wildman–Crippen LogP) is 5.60. The Kier molecular flexibility index (Phi) is 6.76. The number of ether oxygens (including phenoxy) is 1. The molecule has 1 heterocycles. The third-order valence-corrected chi connectivity index (χ3v) is 5.16. The number of morpholine rings is 1. The van der Waals surface area contributed by atoms with Crippen molar-refractivity contribution < 1.29 is 34.7 Å². The maximum atomic E-state index is 12.8. The summed E-state index contributed by atoms with van der Waals surface area (Å²) in [5, 5.41) is 0. The Bertz CT molecular complexity index is 644. The van der Waals surface area contributed by atoms with Gasteiger partial charge in [0.2, 0.25) is 0 Å². The Hall–Kier alpha value is -0.830. The van der Waals surface area contributed by atoms with Crippen LogP contribution in [0, 0.1) is 0 Å². The van der Waals surface area contributed by atoms with Crippen LogP contribution in [0.2, 0.25) is 0 Å². The average molecular weight is 439 g/mol. The van der Waals surface area contributed by atoms with E-state index in [1.54, 1.807) is 0 Å². The fourth-order valence-corrected chi connectivity index (χ4v) is 3.18. The Morgan fingerprint density at radius 2 is 1.41 bits per heavy atom. The summed E-state index contributed by atoms with van der Waals surface area (Å²) in [7, 11) is -10.4. The van der Waals surface area contributed by atoms with Crippen molar-refractivity contribution in [3.63, 3.8) is 0 Å². The quantitative estimate of drug-likeness (QED) is 0.265. The molecule has 1 aliphatic heterocycles. The molecule has 0 atom stereocenters. The van der Waals surface area contributed by atoms with E-state index in [1.165, 1.54) is 4.90 Å². The number of hydrogen-bond acceptors (Lipinski definition) is 3. The normalized spacial score (nSPS) is 18.9. The van der Waals surface area contributed by atoms with E-state index < -0.39 is 13.3 Å². The Morgan fingerprint density at radius 1 is 1.00 bits per heavy atom. The molecule has 0 unspecified atom stereocenters. The van der Waals surface area contributed by atoms with E-state index in [-0.39, 0.29) is 16.7 Å². The minimum atomic E-state index is -10.7. The van der Waals surface area contributed by atoms with Crippen molar-refractivity contribution >= 4 is 24.5 Å². The van der Waals surface area contributed by atoms with Crippen molar-refractivity contribution in [1.82, 2.24) is 4.90 Å². The fourth-order valence-electron chi connectivity index (χ4n) is 2.50. The molecule has 0 radical (unpaired) electrons. The topological polar surface area (TPSA) is 29.5 Å². The second kappa shape index (κ2) is 7.54. The minimum absolute atomic E-state index is 0.193. The van der Waals surface area contributed by atoms with Gasteiger partial charge in [-0.1, -0.05) is 0 Å². The molecular weight excluding hydrogens is 415 g/mol. The van der Waals surface area contributed by atoms with Gasteiger partial charge in [0.05, 0.1) is 18.8 Å². The molecule has 1 saturated heterocycles. The molecule has 3 nitrogen and oxygen atoms in total. The van der Waals surface area contributed by atoms with Crippen molar-refractivity contribution in [2.24, 2.45) is 0 Å². The molecule has 0 aliphatic carbocycles. The molecule has 1 fully saturated rings. The van der Waals surface area contributed by atoms with Crippen LogP contribution in [0.25, 0.3) is 0 Å². The summed E-state index contributed by atoms with van der Waals surface area (Å²) in [6.07, 6.45) is 4.38. The van der Waals surface area contributed by atoms with Crippen LogP contribution in [0.5, 0.6) is 0 Å². The van der Waals surface area contributed by atoms with Crippen molar-refractivity contribution in [1.29, 1.82) is 0 Å². The van der Waals surface area contributed by atoms with Crippen LogP contribution in [0.1, 0.15) is 24.2 Å². The molecule has 0 aromatic heterocycles. The van der Waals surface area contributed by atoms with Crippen molar-refractivity contribution in [3.05, 3.63) is 29.8 Å². The SMILES string of the molecule is C[S+](C)c1ccc(C(=O)C(C)(C)N2CCOCC2)cc1.F[P-](F)(F)(F)(F)F. The van der Waals surface area contributed by atoms with Crippen LogP contribution in [0.15, 0.2) is 29.2 Å². The standard InChI is InChI=1S/C16H24NO2S.F6P/c1-16(2,17-9-11-19-12-10-17)15(18)13-5-7-14(8-6-13)20(3)4;1-7(2,3,4,5)6/h5-8H,9-12H2,1-4H3;/q+1;-1. The molecule has 11 heteroatoms. The molecule has 0 amide bonds. The van der Waals surface area contributed by atoms with Crippen LogP contribution >= 0.6 is 7.81 Å². The summed E-state index contributed by atoms with van der Waals surface area (Å²) >= 11 is 0. The molecule has 1 aromatic carbocycles. The number of Topliss-reactive ketones (excluding diaryl/α,β-unsaturated/α-hetero) is 1. The number of nitrogens with zero attached hydrogens (tertiary/aromatic N) is 1. The molecule has 27 heavy (non-hydrogen) atoms. The summed E-state index contributed by atoms with van der Waals surface area (Å²) in [4.78, 5) is 16.3. The third kappa shape index (κ3) is 9.78. The van der Waals surface area contributed by atoms with Gasteiger partial charge in [-0.25, -0.2) is 0 Å². The van der Waals surface area contributed by atoms with Gasteiger partial charge in [0, 0.05) is 29.5 Å². The van der Waals surface area contributed by atoms with Crippen molar-refractivity contribution in [2.45, 2.75) is 24.3 Å². The molecule has 1 aliphatic rings. The van der Waals surface area contributed by atoms with Crippen LogP contribution in [-0.4, -0.2) is 55.0 Å². The summed E-state index contributed by atoms with van der Waals surface area (Å²) in [5.74, 6) is 0.193. The molecule has 2 rings (SSSR count). The van der Waals surface area contributed by atoms with Gasteiger partial charge in [-0.15, -0.1) is 0 Å². The van der Waals surface area contributed by atoms with E-state index in [4.69, 9.17) is 4.74 Å². The van der Waals surface area contributed by atoms with E-state index in [2.05, 4.69) is 29.5 Å². The fraction of sp³-hybridized carbons (Fsp3) is 0.562. The van der Waals surface area contributed by atoms with Gasteiger partial charge in [0.15, 0.2) is 10.7 Å². The molecule has 1 aromatic rings. The maximum absolute atomic E-state index is 12.8. The Labute approximate surface area is 157 Å². The first-order chi connectivity index (χ1) is 11.9. The van der Waals surface area contributed by atoms with E-state index in [0.29, 0.717) is 13.2 Å². The van der Waals surface area contributed by atoms with Crippen LogP contribution in [0.4, 0.5) is 25.2 Å². The van der Waals surface area contributed by atoms with Gasteiger partial charge in [-0.05, 0) is 38.1 Å². The van der Waals surface area contributed by atoms with Gasteiger partial charge in [-0.2, -0.15) is 0 Å². The van der Waals surface area contributed by atoms with Crippen molar-refractivity contribution in [2.75, 3.05) is 38.8 Å². The third-order valence-electron chi connectivity index (χ3n) is 3.95. The second-order valence-electron chi connectivity index (χ2n) is 6.79. The van der Waals surface area contributed by atoms with Crippen LogP contribution in [-0.2, 0) is 15.6 Å². The zero-order chi connectivity index (χ0) is 21.2. The van der Waals surface area contributed by atoms with Crippen LogP contribution < -0.4 is 0 Å². The zero-order valence-electron chi connectivity index (χ0n) is 15.5. The number of carbonyl (C=O) groups excluding carboxylic acids is 1. The number of halogens is 6. The predicted molar refractivity (Wildman–Crippen MR) is 98.3 cm³/mol. The van der Waals surface area contributed by atoms with Gasteiger partial charge in [0.1, 0.15) is 12.5 Å². The number of benzene rings is 1. The van der Waals surface area contributed by atoms with E-state index >= 15 is 0 Å². The Morgan fingerprint density at radius 3 is 1.78 bits per heavy atom. The van der Waals surface area contributed by atoms with Gasteiger partial charge >= 0.3 is 33.0 Å². The molecule has 0 bridgehead atoms. The van der Waals surface area contributed by atoms with E-state index in [1.807, 2.05) is 26.0 Å². The van der Waals surface area contributed by atoms with Crippen molar-refractivity contribution in [3.8, 4) is 0 Å². The van der Waals surface area contributed by atoms with E-state index in [9.17, 15) is 30.0 Å². The number of carbonyl (C=O) groups is 1. The summed E-state index contributed by atoms with van der Waals surface area (Å²) in [6, 6.07) is 8.08. The van der Waals surface area contributed by atoms with Crippen LogP contribution in [0.3, 0.4) is 0 Å². The first-order valence-electron chi connectivity index (χ1n) is 7.99. The van der Waals surface area contributed by atoms with Gasteiger partial charge in [0.25, 0.3) is 0 Å². The number of rotatable bonds is 4. The molecule has 158 valence electrons.